The molecule has 0 spiro atoms. The lowest BCUT2D eigenvalue weighted by atomic mass is 10.1. The van der Waals surface area contributed by atoms with Gasteiger partial charge in [-0.15, -0.1) is 0 Å². The van der Waals surface area contributed by atoms with Gasteiger partial charge in [-0.2, -0.15) is 0 Å². The summed E-state index contributed by atoms with van der Waals surface area (Å²) in [6, 6.07) is 22.9. The average molecular weight is 432 g/mol. The van der Waals surface area contributed by atoms with E-state index < -0.39 is 0 Å². The molecule has 0 saturated carbocycles. The van der Waals surface area contributed by atoms with Crippen molar-refractivity contribution in [3.63, 3.8) is 0 Å². The maximum atomic E-state index is 12.9. The van der Waals surface area contributed by atoms with E-state index in [0.717, 1.165) is 51.6 Å². The van der Waals surface area contributed by atoms with Gasteiger partial charge in [0, 0.05) is 39.3 Å². The Hall–Kier alpha value is -2.89. The van der Waals surface area contributed by atoms with E-state index in [1.807, 2.05) is 23.1 Å². The smallest absolute Gasteiger partial charge is 0.289 e. The summed E-state index contributed by atoms with van der Waals surface area (Å²) < 4.78 is 6.03. The number of piperazine rings is 1. The summed E-state index contributed by atoms with van der Waals surface area (Å²) in [5.41, 5.74) is 3.79. The first-order chi connectivity index (χ1) is 15.6. The molecule has 5 nitrogen and oxygen atoms in total. The maximum Gasteiger partial charge on any atom is 0.289 e. The van der Waals surface area contributed by atoms with E-state index in [-0.39, 0.29) is 5.91 Å². The van der Waals surface area contributed by atoms with Crippen LogP contribution in [0.25, 0.3) is 0 Å². The number of amides is 1. The van der Waals surface area contributed by atoms with Gasteiger partial charge in [-0.05, 0) is 36.7 Å². The summed E-state index contributed by atoms with van der Waals surface area (Å²) in [6.07, 6.45) is 0. The molecule has 1 aliphatic heterocycles. The zero-order valence-corrected chi connectivity index (χ0v) is 19.2. The lowest BCUT2D eigenvalue weighted by Crippen LogP contribution is -2.48. The van der Waals surface area contributed by atoms with Gasteiger partial charge in [0.1, 0.15) is 5.76 Å². The van der Waals surface area contributed by atoms with Gasteiger partial charge >= 0.3 is 0 Å². The summed E-state index contributed by atoms with van der Waals surface area (Å²) in [5.74, 6) is 1.27. The van der Waals surface area contributed by atoms with Crippen LogP contribution in [0.3, 0.4) is 0 Å². The summed E-state index contributed by atoms with van der Waals surface area (Å²) in [5, 5.41) is 0. The highest BCUT2D eigenvalue weighted by molar-refractivity contribution is 5.91. The van der Waals surface area contributed by atoms with E-state index in [4.69, 9.17) is 4.42 Å². The third kappa shape index (κ3) is 5.87. The number of hydrogen-bond acceptors (Lipinski definition) is 4. The van der Waals surface area contributed by atoms with Gasteiger partial charge in [-0.3, -0.25) is 9.69 Å². The van der Waals surface area contributed by atoms with Gasteiger partial charge in [-0.1, -0.05) is 67.1 Å². The first kappa shape index (κ1) is 22.3. The van der Waals surface area contributed by atoms with Crippen molar-refractivity contribution in [2.75, 3.05) is 32.7 Å². The van der Waals surface area contributed by atoms with Gasteiger partial charge in [0.15, 0.2) is 5.76 Å². The molecule has 3 aromatic rings. The second-order valence-electron chi connectivity index (χ2n) is 8.61. The van der Waals surface area contributed by atoms with Crippen molar-refractivity contribution < 1.29 is 9.21 Å². The standard InChI is InChI=1S/C27H33N3O2/c1-3-28-15-17-30(18-16-28)27(31)26-14-13-25(32-26)21-29(19-23-7-5-4-6-8-23)20-24-11-9-22(2)10-12-24/h4-14H,3,15-21H2,1-2H3. The number of hydrogen-bond donors (Lipinski definition) is 0. The minimum absolute atomic E-state index is 0.000136. The van der Waals surface area contributed by atoms with Crippen molar-refractivity contribution in [1.29, 1.82) is 0 Å². The molecule has 4 rings (SSSR count). The number of furan rings is 1. The van der Waals surface area contributed by atoms with Crippen LogP contribution in [0.4, 0.5) is 0 Å². The van der Waals surface area contributed by atoms with Crippen LogP contribution in [0.1, 0.15) is 39.9 Å². The molecule has 0 bridgehead atoms. The molecule has 2 heterocycles. The van der Waals surface area contributed by atoms with E-state index >= 15 is 0 Å². The molecule has 1 fully saturated rings. The Morgan fingerprint density at radius 2 is 1.50 bits per heavy atom. The number of carbonyl (C=O) groups excluding carboxylic acids is 1. The molecule has 1 saturated heterocycles. The molecule has 168 valence electrons. The summed E-state index contributed by atoms with van der Waals surface area (Å²) in [7, 11) is 0. The third-order valence-electron chi connectivity index (χ3n) is 6.13. The highest BCUT2D eigenvalue weighted by Crippen LogP contribution is 2.18. The molecule has 1 aliphatic rings. The zero-order chi connectivity index (χ0) is 22.3. The monoisotopic (exact) mass is 431 g/mol. The van der Waals surface area contributed by atoms with Crippen LogP contribution < -0.4 is 0 Å². The Morgan fingerprint density at radius 1 is 0.844 bits per heavy atom. The van der Waals surface area contributed by atoms with Gasteiger partial charge < -0.3 is 14.2 Å². The second-order valence-corrected chi connectivity index (χ2v) is 8.61. The molecule has 0 N–H and O–H groups in total. The number of aryl methyl sites for hydroxylation is 1. The minimum Gasteiger partial charge on any atom is -0.455 e. The van der Waals surface area contributed by atoms with Crippen molar-refractivity contribution in [3.05, 3.63) is 94.9 Å². The van der Waals surface area contributed by atoms with Crippen molar-refractivity contribution in [2.24, 2.45) is 0 Å². The molecular formula is C27H33N3O2. The largest absolute Gasteiger partial charge is 0.455 e. The lowest BCUT2D eigenvalue weighted by molar-refractivity contribution is 0.0608. The van der Waals surface area contributed by atoms with Crippen LogP contribution >= 0.6 is 0 Å². The van der Waals surface area contributed by atoms with Crippen LogP contribution in [0, 0.1) is 6.92 Å². The number of carbonyl (C=O) groups is 1. The maximum absolute atomic E-state index is 12.9. The first-order valence-electron chi connectivity index (χ1n) is 11.5. The lowest BCUT2D eigenvalue weighted by Gasteiger charge is -2.33. The zero-order valence-electron chi connectivity index (χ0n) is 19.2. The molecule has 2 aromatic carbocycles. The molecule has 0 radical (unpaired) electrons. The molecular weight excluding hydrogens is 398 g/mol. The molecule has 5 heteroatoms. The number of rotatable bonds is 8. The van der Waals surface area contributed by atoms with Gasteiger partial charge in [-0.25, -0.2) is 0 Å². The van der Waals surface area contributed by atoms with Crippen molar-refractivity contribution >= 4 is 5.91 Å². The minimum atomic E-state index is 0.000136. The summed E-state index contributed by atoms with van der Waals surface area (Å²) in [6.45, 7) is 11.0. The van der Waals surface area contributed by atoms with Crippen LogP contribution in [0.5, 0.6) is 0 Å². The second kappa shape index (κ2) is 10.6. The van der Waals surface area contributed by atoms with E-state index in [9.17, 15) is 4.79 Å². The molecule has 1 amide bonds. The number of nitrogens with zero attached hydrogens (tertiary/aromatic N) is 3. The van der Waals surface area contributed by atoms with Crippen LogP contribution in [-0.4, -0.2) is 53.3 Å². The predicted octanol–water partition coefficient (Wildman–Crippen LogP) is 4.57. The predicted molar refractivity (Wildman–Crippen MR) is 127 cm³/mol. The Labute approximate surface area is 191 Å². The van der Waals surface area contributed by atoms with E-state index in [0.29, 0.717) is 12.3 Å². The van der Waals surface area contributed by atoms with Crippen LogP contribution in [0.15, 0.2) is 71.1 Å². The Bertz CT molecular complexity index is 989. The van der Waals surface area contributed by atoms with E-state index in [1.54, 1.807) is 0 Å². The third-order valence-corrected chi connectivity index (χ3v) is 6.13. The molecule has 0 atom stereocenters. The van der Waals surface area contributed by atoms with Crippen molar-refractivity contribution in [1.82, 2.24) is 14.7 Å². The fourth-order valence-corrected chi connectivity index (χ4v) is 4.18. The fraction of sp³-hybridized carbons (Fsp3) is 0.370. The molecule has 0 unspecified atom stereocenters. The normalized spacial score (nSPS) is 14.8. The van der Waals surface area contributed by atoms with E-state index in [1.165, 1.54) is 16.7 Å². The van der Waals surface area contributed by atoms with Crippen molar-refractivity contribution in [3.8, 4) is 0 Å². The highest BCUT2D eigenvalue weighted by atomic mass is 16.4. The average Bonchev–Trinajstić information content (AvgIpc) is 3.29. The summed E-state index contributed by atoms with van der Waals surface area (Å²) >= 11 is 0. The summed E-state index contributed by atoms with van der Waals surface area (Å²) in [4.78, 5) is 19.5. The van der Waals surface area contributed by atoms with Gasteiger partial charge in [0.25, 0.3) is 5.91 Å². The fourth-order valence-electron chi connectivity index (χ4n) is 4.18. The number of benzene rings is 2. The molecule has 32 heavy (non-hydrogen) atoms. The Kier molecular flexibility index (Phi) is 7.40. The van der Waals surface area contributed by atoms with E-state index in [2.05, 4.69) is 72.2 Å². The SMILES string of the molecule is CCN1CCN(C(=O)c2ccc(CN(Cc3ccccc3)Cc3ccc(C)cc3)o2)CC1. The van der Waals surface area contributed by atoms with Gasteiger partial charge in [0.05, 0.1) is 6.54 Å². The Balaban J connectivity index is 1.44. The highest BCUT2D eigenvalue weighted by Gasteiger charge is 2.24. The van der Waals surface area contributed by atoms with Gasteiger partial charge in [0.2, 0.25) is 0 Å². The van der Waals surface area contributed by atoms with Crippen LogP contribution in [0.2, 0.25) is 0 Å². The van der Waals surface area contributed by atoms with Crippen LogP contribution in [-0.2, 0) is 19.6 Å². The topological polar surface area (TPSA) is 39.9 Å². The molecule has 1 aromatic heterocycles. The Morgan fingerprint density at radius 3 is 2.16 bits per heavy atom. The molecule has 0 aliphatic carbocycles. The first-order valence-corrected chi connectivity index (χ1v) is 11.5. The quantitative estimate of drug-likeness (QED) is 0.524. The van der Waals surface area contributed by atoms with Crippen molar-refractivity contribution in [2.45, 2.75) is 33.5 Å². The number of likely N-dealkylation sites (N-methyl/N-ethyl adjacent to an activating group) is 1.